The molecule has 0 aliphatic heterocycles. The minimum atomic E-state index is -0.683. The van der Waals surface area contributed by atoms with Crippen molar-refractivity contribution in [1.29, 1.82) is 0 Å². The summed E-state index contributed by atoms with van der Waals surface area (Å²) in [6.07, 6.45) is 2.88. The topological polar surface area (TPSA) is 68.0 Å². The van der Waals surface area contributed by atoms with Gasteiger partial charge in [-0.2, -0.15) is 0 Å². The molecule has 5 heteroatoms. The molecule has 0 spiro atoms. The Hall–Kier alpha value is -2.24. The van der Waals surface area contributed by atoms with E-state index >= 15 is 0 Å². The number of hydrogen-bond acceptors (Lipinski definition) is 4. The Morgan fingerprint density at radius 3 is 2.59 bits per heavy atom. The van der Waals surface area contributed by atoms with Crippen LogP contribution in [0, 0.1) is 5.92 Å². The Labute approximate surface area is 163 Å². The minimum Gasteiger partial charge on any atom is -0.351 e. The number of aromatic nitrogens is 1. The normalized spacial score (nSPS) is 17.4. The lowest BCUT2D eigenvalue weighted by Crippen LogP contribution is -2.50. The third-order valence-electron chi connectivity index (χ3n) is 5.52. The maximum Gasteiger partial charge on any atom is 0.231 e. The van der Waals surface area contributed by atoms with E-state index in [1.54, 1.807) is 11.3 Å². The van der Waals surface area contributed by atoms with E-state index in [2.05, 4.69) is 11.4 Å². The van der Waals surface area contributed by atoms with Crippen LogP contribution in [-0.4, -0.2) is 23.5 Å². The van der Waals surface area contributed by atoms with Crippen LogP contribution < -0.4 is 11.1 Å². The largest absolute Gasteiger partial charge is 0.351 e. The molecule has 1 aliphatic rings. The number of carbonyl (C=O) groups is 1. The number of amides is 1. The monoisotopic (exact) mass is 379 g/mol. The summed E-state index contributed by atoms with van der Waals surface area (Å²) in [5, 5.41) is 4.21. The van der Waals surface area contributed by atoms with E-state index < -0.39 is 5.41 Å². The Kier molecular flexibility index (Phi) is 4.98. The number of nitrogens with zero attached hydrogens (tertiary/aromatic N) is 1. The number of rotatable bonds is 7. The first-order chi connectivity index (χ1) is 13.1. The van der Waals surface area contributed by atoms with Gasteiger partial charge in [-0.05, 0) is 43.4 Å². The molecule has 1 saturated carbocycles. The molecule has 1 fully saturated rings. The number of fused-ring (bicyclic) bond motifs is 1. The zero-order valence-corrected chi connectivity index (χ0v) is 16.3. The van der Waals surface area contributed by atoms with Gasteiger partial charge in [-0.25, -0.2) is 4.98 Å². The predicted molar refractivity (Wildman–Crippen MR) is 111 cm³/mol. The van der Waals surface area contributed by atoms with Gasteiger partial charge >= 0.3 is 0 Å². The molecule has 2 aromatic carbocycles. The van der Waals surface area contributed by atoms with Crippen molar-refractivity contribution in [2.45, 2.75) is 37.6 Å². The molecule has 3 aromatic rings. The van der Waals surface area contributed by atoms with Gasteiger partial charge in [0.25, 0.3) is 0 Å². The van der Waals surface area contributed by atoms with Gasteiger partial charge in [0.05, 0.1) is 20.6 Å². The van der Waals surface area contributed by atoms with E-state index in [0.717, 1.165) is 33.6 Å². The number of hydrogen-bond donors (Lipinski definition) is 2. The molecule has 0 saturated heterocycles. The highest BCUT2D eigenvalue weighted by molar-refractivity contribution is 7.18. The van der Waals surface area contributed by atoms with Crippen molar-refractivity contribution in [2.24, 2.45) is 11.7 Å². The summed E-state index contributed by atoms with van der Waals surface area (Å²) in [4.78, 5) is 18.2. The fourth-order valence-corrected chi connectivity index (χ4v) is 4.74. The van der Waals surface area contributed by atoms with Crippen molar-refractivity contribution in [3.05, 3.63) is 65.2 Å². The molecule has 3 N–H and O–H groups in total. The molecule has 0 bridgehead atoms. The number of nitrogens with one attached hydrogen (secondary N) is 1. The number of thiazole rings is 1. The first-order valence-corrected chi connectivity index (χ1v) is 10.3. The molecular weight excluding hydrogens is 354 g/mol. The minimum absolute atomic E-state index is 0.0373. The van der Waals surface area contributed by atoms with Crippen LogP contribution in [0.4, 0.5) is 0 Å². The van der Waals surface area contributed by atoms with Gasteiger partial charge in [0, 0.05) is 19.0 Å². The summed E-state index contributed by atoms with van der Waals surface area (Å²) in [6.45, 7) is 2.51. The van der Waals surface area contributed by atoms with Crippen molar-refractivity contribution in [3.8, 4) is 0 Å². The number of nitrogens with two attached hydrogens (primary N) is 1. The highest BCUT2D eigenvalue weighted by atomic mass is 32.1. The molecule has 1 aromatic heterocycles. The summed E-state index contributed by atoms with van der Waals surface area (Å²) in [5.41, 5.74) is 7.24. The van der Waals surface area contributed by atoms with Crippen molar-refractivity contribution in [3.63, 3.8) is 0 Å². The van der Waals surface area contributed by atoms with Crippen LogP contribution in [0.2, 0.25) is 0 Å². The summed E-state index contributed by atoms with van der Waals surface area (Å²) in [6, 6.07) is 18.2. The maximum atomic E-state index is 13.4. The Bertz CT molecular complexity index is 902. The first kappa shape index (κ1) is 18.1. The van der Waals surface area contributed by atoms with Crippen LogP contribution in [-0.2, 0) is 16.6 Å². The molecule has 27 heavy (non-hydrogen) atoms. The Balaban J connectivity index is 1.66. The molecule has 1 heterocycles. The Morgan fingerprint density at radius 1 is 1.22 bits per heavy atom. The summed E-state index contributed by atoms with van der Waals surface area (Å²) in [7, 11) is 0. The Morgan fingerprint density at radius 2 is 1.93 bits per heavy atom. The zero-order valence-electron chi connectivity index (χ0n) is 15.5. The van der Waals surface area contributed by atoms with E-state index in [9.17, 15) is 4.79 Å². The lowest BCUT2D eigenvalue weighted by atomic mass is 9.78. The van der Waals surface area contributed by atoms with Gasteiger partial charge in [-0.3, -0.25) is 4.79 Å². The van der Waals surface area contributed by atoms with Crippen LogP contribution >= 0.6 is 11.3 Å². The molecule has 2 unspecified atom stereocenters. The van der Waals surface area contributed by atoms with Gasteiger partial charge in [-0.15, -0.1) is 11.3 Å². The van der Waals surface area contributed by atoms with Crippen LogP contribution in [0.3, 0.4) is 0 Å². The molecule has 1 aliphatic carbocycles. The summed E-state index contributed by atoms with van der Waals surface area (Å²) in [5.74, 6) is 0.566. The number of benzene rings is 2. The second kappa shape index (κ2) is 7.41. The van der Waals surface area contributed by atoms with E-state index in [-0.39, 0.29) is 11.9 Å². The van der Waals surface area contributed by atoms with E-state index in [1.165, 1.54) is 0 Å². The molecule has 1 amide bonds. The van der Waals surface area contributed by atoms with Gasteiger partial charge in [-0.1, -0.05) is 42.5 Å². The molecule has 0 radical (unpaired) electrons. The number of carbonyl (C=O) groups excluding carboxylic acids is 1. The van der Waals surface area contributed by atoms with Crippen molar-refractivity contribution in [1.82, 2.24) is 10.3 Å². The van der Waals surface area contributed by atoms with Gasteiger partial charge in [0.2, 0.25) is 5.91 Å². The highest BCUT2D eigenvalue weighted by Crippen LogP contribution is 2.35. The lowest BCUT2D eigenvalue weighted by molar-refractivity contribution is -0.127. The van der Waals surface area contributed by atoms with Crippen molar-refractivity contribution >= 4 is 27.5 Å². The second-order valence-corrected chi connectivity index (χ2v) is 8.72. The van der Waals surface area contributed by atoms with Gasteiger partial charge in [0.15, 0.2) is 0 Å². The smallest absolute Gasteiger partial charge is 0.231 e. The zero-order chi connectivity index (χ0) is 18.9. The molecule has 4 nitrogen and oxygen atoms in total. The fraction of sp³-hybridized carbons (Fsp3) is 0.364. The SMILES string of the molecule is CC(Cc1nc2ccccc2s1)(C(=O)NC(CN)C1CC1)c1ccccc1. The standard InChI is InChI=1S/C22H25N3OS/c1-22(16-7-3-2-4-8-16,21(26)25-18(14-23)15-11-12-15)13-20-24-17-9-5-6-10-19(17)27-20/h2-10,15,18H,11-14,23H2,1H3,(H,25,26). The highest BCUT2D eigenvalue weighted by Gasteiger charge is 2.40. The molecular formula is C22H25N3OS. The third-order valence-corrected chi connectivity index (χ3v) is 6.55. The molecule has 4 rings (SSSR count). The van der Waals surface area contributed by atoms with Crippen molar-refractivity contribution < 1.29 is 4.79 Å². The quantitative estimate of drug-likeness (QED) is 0.658. The van der Waals surface area contributed by atoms with Crippen LogP contribution in [0.1, 0.15) is 30.3 Å². The lowest BCUT2D eigenvalue weighted by Gasteiger charge is -2.30. The average Bonchev–Trinajstić information content (AvgIpc) is 3.45. The molecule has 140 valence electrons. The second-order valence-electron chi connectivity index (χ2n) is 7.60. The summed E-state index contributed by atoms with van der Waals surface area (Å²) < 4.78 is 1.15. The van der Waals surface area contributed by atoms with E-state index in [1.807, 2.05) is 55.5 Å². The van der Waals surface area contributed by atoms with Crippen LogP contribution in [0.25, 0.3) is 10.2 Å². The van der Waals surface area contributed by atoms with Crippen molar-refractivity contribution in [2.75, 3.05) is 6.54 Å². The molecule has 2 atom stereocenters. The average molecular weight is 380 g/mol. The predicted octanol–water partition coefficient (Wildman–Crippen LogP) is 3.65. The van der Waals surface area contributed by atoms with Crippen LogP contribution in [0.15, 0.2) is 54.6 Å². The van der Waals surface area contributed by atoms with E-state index in [0.29, 0.717) is 18.9 Å². The fourth-order valence-electron chi connectivity index (χ4n) is 3.61. The van der Waals surface area contributed by atoms with Crippen LogP contribution in [0.5, 0.6) is 0 Å². The van der Waals surface area contributed by atoms with E-state index in [4.69, 9.17) is 10.7 Å². The first-order valence-electron chi connectivity index (χ1n) is 9.51. The summed E-state index contributed by atoms with van der Waals surface area (Å²) >= 11 is 1.66. The van der Waals surface area contributed by atoms with Gasteiger partial charge < -0.3 is 11.1 Å². The number of para-hydroxylation sites is 1. The third kappa shape index (κ3) is 3.75. The van der Waals surface area contributed by atoms with Gasteiger partial charge in [0.1, 0.15) is 0 Å². The maximum absolute atomic E-state index is 13.4.